The molecule has 0 saturated carbocycles. The molecule has 3 nitrogen and oxygen atoms in total. The lowest BCUT2D eigenvalue weighted by atomic mass is 10.0. The minimum Gasteiger partial charge on any atom is -0.439 e. The molecule has 0 unspecified atom stereocenters. The fraction of sp³-hybridized carbons (Fsp3) is 0. The number of rotatable bonds is 3. The maximum absolute atomic E-state index is 6.43. The van der Waals surface area contributed by atoms with E-state index in [0.717, 1.165) is 27.9 Å². The van der Waals surface area contributed by atoms with Crippen molar-refractivity contribution in [1.82, 2.24) is 9.13 Å². The maximum atomic E-state index is 6.43. The molecule has 3 heterocycles. The van der Waals surface area contributed by atoms with Crippen LogP contribution in [0.25, 0.3) is 77.3 Å². The number of para-hydroxylation sites is 4. The second-order valence-corrected chi connectivity index (χ2v) is 10.6. The van der Waals surface area contributed by atoms with Crippen LogP contribution < -0.4 is 0 Å². The molecule has 41 heavy (non-hydrogen) atoms. The van der Waals surface area contributed by atoms with Crippen molar-refractivity contribution in [3.8, 4) is 22.5 Å². The van der Waals surface area contributed by atoms with Crippen LogP contribution in [0.1, 0.15) is 0 Å². The second-order valence-electron chi connectivity index (χ2n) is 10.6. The van der Waals surface area contributed by atoms with Crippen molar-refractivity contribution in [1.29, 1.82) is 0 Å². The van der Waals surface area contributed by atoms with E-state index in [1.807, 2.05) is 12.1 Å². The van der Waals surface area contributed by atoms with Gasteiger partial charge in [-0.25, -0.2) is 0 Å². The van der Waals surface area contributed by atoms with Gasteiger partial charge in [-0.1, -0.05) is 97.1 Å². The fourth-order valence-electron chi connectivity index (χ4n) is 6.50. The molecule has 0 atom stereocenters. The van der Waals surface area contributed by atoms with Gasteiger partial charge in [-0.3, -0.25) is 4.57 Å². The Morgan fingerprint density at radius 1 is 0.390 bits per heavy atom. The number of aromatic nitrogens is 2. The van der Waals surface area contributed by atoms with Crippen LogP contribution >= 0.6 is 0 Å². The summed E-state index contributed by atoms with van der Waals surface area (Å²) in [5.41, 5.74) is 9.99. The first-order valence-electron chi connectivity index (χ1n) is 14.0. The number of hydrogen-bond donors (Lipinski definition) is 0. The first kappa shape index (κ1) is 22.3. The Labute approximate surface area is 236 Å². The van der Waals surface area contributed by atoms with Gasteiger partial charge in [0.25, 0.3) is 0 Å². The van der Waals surface area contributed by atoms with Gasteiger partial charge < -0.3 is 8.98 Å². The monoisotopic (exact) mass is 524 g/mol. The van der Waals surface area contributed by atoms with Gasteiger partial charge in [-0.2, -0.15) is 0 Å². The van der Waals surface area contributed by atoms with E-state index in [4.69, 9.17) is 4.42 Å². The van der Waals surface area contributed by atoms with Crippen LogP contribution in [0.4, 0.5) is 0 Å². The summed E-state index contributed by atoms with van der Waals surface area (Å²) < 4.78 is 11.0. The Morgan fingerprint density at radius 3 is 1.78 bits per heavy atom. The van der Waals surface area contributed by atoms with Crippen molar-refractivity contribution >= 4 is 54.8 Å². The van der Waals surface area contributed by atoms with Gasteiger partial charge in [0.2, 0.25) is 5.71 Å². The minimum absolute atomic E-state index is 0.883. The van der Waals surface area contributed by atoms with E-state index < -0.39 is 0 Å². The average molecular weight is 525 g/mol. The van der Waals surface area contributed by atoms with E-state index >= 15 is 0 Å². The van der Waals surface area contributed by atoms with Gasteiger partial charge in [0.05, 0.1) is 21.9 Å². The Morgan fingerprint density at radius 2 is 0.976 bits per heavy atom. The highest BCUT2D eigenvalue weighted by Gasteiger charge is 2.19. The molecule has 0 fully saturated rings. The molecule has 0 saturated heterocycles. The van der Waals surface area contributed by atoms with Gasteiger partial charge in [0, 0.05) is 32.9 Å². The molecule has 3 aromatic heterocycles. The van der Waals surface area contributed by atoms with E-state index in [1.165, 1.54) is 49.4 Å². The summed E-state index contributed by atoms with van der Waals surface area (Å²) in [5, 5.41) is 6.05. The smallest absolute Gasteiger partial charge is 0.213 e. The van der Waals surface area contributed by atoms with E-state index in [2.05, 4.69) is 143 Å². The summed E-state index contributed by atoms with van der Waals surface area (Å²) in [6, 6.07) is 51.8. The Kier molecular flexibility index (Phi) is 4.61. The Bertz CT molecular complexity index is 2400. The first-order valence-corrected chi connectivity index (χ1v) is 14.0. The number of nitrogens with zero attached hydrogens (tertiary/aromatic N) is 2. The van der Waals surface area contributed by atoms with Gasteiger partial charge in [0.1, 0.15) is 5.58 Å². The zero-order valence-electron chi connectivity index (χ0n) is 22.2. The highest BCUT2D eigenvalue weighted by atomic mass is 16.3. The average Bonchev–Trinajstić information content (AvgIpc) is 3.68. The normalized spacial score (nSPS) is 11.9. The minimum atomic E-state index is 0.883. The lowest BCUT2D eigenvalue weighted by molar-refractivity contribution is 0.645. The predicted octanol–water partition coefficient (Wildman–Crippen LogP) is 10.3. The van der Waals surface area contributed by atoms with Gasteiger partial charge in [0.15, 0.2) is 0 Å². The second kappa shape index (κ2) is 8.48. The molecule has 3 heteroatoms. The third kappa shape index (κ3) is 3.20. The summed E-state index contributed by atoms with van der Waals surface area (Å²) in [6.45, 7) is 0. The van der Waals surface area contributed by atoms with Crippen LogP contribution in [-0.4, -0.2) is 9.13 Å². The Hall–Kier alpha value is -5.54. The van der Waals surface area contributed by atoms with Crippen molar-refractivity contribution in [2.24, 2.45) is 0 Å². The zero-order chi connectivity index (χ0) is 26.9. The molecule has 0 aliphatic heterocycles. The van der Waals surface area contributed by atoms with Crippen LogP contribution in [0.15, 0.2) is 150 Å². The number of benzene rings is 6. The fourth-order valence-corrected chi connectivity index (χ4v) is 6.50. The third-order valence-electron chi connectivity index (χ3n) is 8.34. The summed E-state index contributed by atoms with van der Waals surface area (Å²) in [6.07, 6.45) is 0. The quantitative estimate of drug-likeness (QED) is 0.225. The van der Waals surface area contributed by atoms with Crippen LogP contribution in [-0.2, 0) is 0 Å². The zero-order valence-corrected chi connectivity index (χ0v) is 22.2. The summed E-state index contributed by atoms with van der Waals surface area (Å²) in [4.78, 5) is 0. The maximum Gasteiger partial charge on any atom is 0.213 e. The summed E-state index contributed by atoms with van der Waals surface area (Å²) in [7, 11) is 0. The lowest BCUT2D eigenvalue weighted by Gasteiger charge is -2.10. The van der Waals surface area contributed by atoms with Gasteiger partial charge in [-0.15, -0.1) is 0 Å². The number of furan rings is 1. The largest absolute Gasteiger partial charge is 0.439 e. The summed E-state index contributed by atoms with van der Waals surface area (Å²) >= 11 is 0. The summed E-state index contributed by atoms with van der Waals surface area (Å²) in [5.74, 6) is 0. The van der Waals surface area contributed by atoms with Gasteiger partial charge >= 0.3 is 0 Å². The molecule has 0 bridgehead atoms. The van der Waals surface area contributed by atoms with Crippen LogP contribution in [0, 0.1) is 0 Å². The van der Waals surface area contributed by atoms with Crippen LogP contribution in [0.3, 0.4) is 0 Å². The van der Waals surface area contributed by atoms with Crippen molar-refractivity contribution in [2.75, 3.05) is 0 Å². The van der Waals surface area contributed by atoms with Crippen LogP contribution in [0.5, 0.6) is 0 Å². The van der Waals surface area contributed by atoms with Crippen LogP contribution in [0.2, 0.25) is 0 Å². The van der Waals surface area contributed by atoms with Crippen molar-refractivity contribution < 1.29 is 4.42 Å². The molecule has 0 spiro atoms. The van der Waals surface area contributed by atoms with E-state index in [1.54, 1.807) is 0 Å². The molecule has 9 rings (SSSR count). The topological polar surface area (TPSA) is 23.0 Å². The van der Waals surface area contributed by atoms with Crippen molar-refractivity contribution in [3.63, 3.8) is 0 Å². The molecular formula is C38H24N2O. The molecular weight excluding hydrogens is 500 g/mol. The molecule has 9 aromatic rings. The Balaban J connectivity index is 1.22. The van der Waals surface area contributed by atoms with Crippen molar-refractivity contribution in [3.05, 3.63) is 146 Å². The molecule has 0 amide bonds. The van der Waals surface area contributed by atoms with E-state index in [0.29, 0.717) is 0 Å². The first-order chi connectivity index (χ1) is 20.3. The lowest BCUT2D eigenvalue weighted by Crippen LogP contribution is -1.94. The molecule has 0 aliphatic carbocycles. The number of hydrogen-bond acceptors (Lipinski definition) is 1. The molecule has 192 valence electrons. The predicted molar refractivity (Wildman–Crippen MR) is 170 cm³/mol. The highest BCUT2D eigenvalue weighted by Crippen LogP contribution is 2.39. The van der Waals surface area contributed by atoms with E-state index in [-0.39, 0.29) is 0 Å². The number of fused-ring (bicyclic) bond motifs is 8. The molecule has 0 aliphatic rings. The molecule has 0 radical (unpaired) electrons. The highest BCUT2D eigenvalue weighted by molar-refractivity contribution is 6.20. The molecule has 0 N–H and O–H groups in total. The van der Waals surface area contributed by atoms with Crippen molar-refractivity contribution in [2.45, 2.75) is 0 Å². The standard InChI is InChI=1S/C38H24N2O/c1-2-10-27(11-3-1)39-33-15-7-4-12-29(33)30-23-20-26(24-35(30)39)25-18-21-28(22-19-25)40-34-16-8-5-13-31(34)37-32-14-6-9-17-36(32)41-38(37)40/h1-24H. The third-order valence-corrected chi connectivity index (χ3v) is 8.34. The van der Waals surface area contributed by atoms with E-state index in [9.17, 15) is 0 Å². The SMILES string of the molecule is c1ccc(-n2c3ccccc3c3ccc(-c4ccc(-n5c6ccccc6c6c7ccccc7oc65)cc4)cc32)cc1. The molecule has 6 aromatic carbocycles. The van der Waals surface area contributed by atoms with Gasteiger partial charge in [-0.05, 0) is 59.7 Å².